The number of carboxylic acid groups (broad SMARTS) is 1. The minimum Gasteiger partial charge on any atom is -0.497 e. The lowest BCUT2D eigenvalue weighted by molar-refractivity contribution is -0.192. The Hall–Kier alpha value is -3.65. The van der Waals surface area contributed by atoms with Crippen LogP contribution in [0.15, 0.2) is 58.2 Å². The van der Waals surface area contributed by atoms with E-state index in [9.17, 15) is 21.6 Å². The fourth-order valence-electron chi connectivity index (χ4n) is 3.04. The number of rotatable bonds is 6. The number of fused-ring (bicyclic) bond motifs is 1. The average molecular weight is 515 g/mol. The molecule has 0 saturated carbocycles. The highest BCUT2D eigenvalue weighted by Crippen LogP contribution is 2.28. The minimum absolute atomic E-state index is 0.181. The summed E-state index contributed by atoms with van der Waals surface area (Å²) >= 11 is 0. The Morgan fingerprint density at radius 2 is 1.89 bits per heavy atom. The van der Waals surface area contributed by atoms with Crippen LogP contribution in [0.1, 0.15) is 17.0 Å². The summed E-state index contributed by atoms with van der Waals surface area (Å²) in [6, 6.07) is 9.92. The van der Waals surface area contributed by atoms with Gasteiger partial charge in [0, 0.05) is 31.3 Å². The summed E-state index contributed by atoms with van der Waals surface area (Å²) in [6.45, 7) is 0.708. The van der Waals surface area contributed by atoms with Crippen LogP contribution in [0.3, 0.4) is 0 Å². The standard InChI is InChI=1S/C19H19N3O5S.C2HF3O2/c1-25-14-4-6-16(7-5-14)28(23,24)22-10-8-19-17(12-22)18(21-27-19)13-26-15-3-2-9-20-11-15;3-2(4,5)1(6)7/h2-7,9,11H,8,10,12-13H2,1H3;(H,6,7). The molecule has 4 rings (SSSR count). The lowest BCUT2D eigenvalue weighted by Crippen LogP contribution is -2.36. The van der Waals surface area contributed by atoms with Gasteiger partial charge < -0.3 is 19.1 Å². The van der Waals surface area contributed by atoms with Crippen molar-refractivity contribution in [1.82, 2.24) is 14.4 Å². The van der Waals surface area contributed by atoms with Crippen LogP contribution in [0.4, 0.5) is 13.2 Å². The molecule has 188 valence electrons. The molecule has 0 unspecified atom stereocenters. The van der Waals surface area contributed by atoms with E-state index in [-0.39, 0.29) is 18.0 Å². The fraction of sp³-hybridized carbons (Fsp3) is 0.286. The van der Waals surface area contributed by atoms with Gasteiger partial charge >= 0.3 is 12.1 Å². The Labute approximate surface area is 197 Å². The predicted octanol–water partition coefficient (Wildman–Crippen LogP) is 3.04. The van der Waals surface area contributed by atoms with Gasteiger partial charge in [0.05, 0.1) is 18.2 Å². The summed E-state index contributed by atoms with van der Waals surface area (Å²) in [4.78, 5) is 13.1. The van der Waals surface area contributed by atoms with E-state index < -0.39 is 22.2 Å². The van der Waals surface area contributed by atoms with Crippen LogP contribution in [0, 0.1) is 0 Å². The van der Waals surface area contributed by atoms with Crippen LogP contribution in [-0.4, -0.2) is 53.8 Å². The number of hydrogen-bond acceptors (Lipinski definition) is 8. The number of alkyl halides is 3. The Morgan fingerprint density at radius 1 is 1.20 bits per heavy atom. The summed E-state index contributed by atoms with van der Waals surface area (Å²) in [7, 11) is -2.10. The average Bonchev–Trinajstić information content (AvgIpc) is 3.25. The molecule has 14 heteroatoms. The SMILES string of the molecule is COc1ccc(S(=O)(=O)N2CCc3onc(COc4cccnc4)c3C2)cc1.O=C(O)C(F)(F)F. The lowest BCUT2D eigenvalue weighted by Gasteiger charge is -2.25. The quantitative estimate of drug-likeness (QED) is 0.526. The molecule has 2 aromatic heterocycles. The number of nitrogens with zero attached hydrogens (tertiary/aromatic N) is 3. The summed E-state index contributed by atoms with van der Waals surface area (Å²) in [5, 5.41) is 11.2. The molecule has 35 heavy (non-hydrogen) atoms. The molecule has 1 N–H and O–H groups in total. The van der Waals surface area contributed by atoms with E-state index >= 15 is 0 Å². The Kier molecular flexibility index (Phi) is 7.96. The van der Waals surface area contributed by atoms with Crippen molar-refractivity contribution in [2.75, 3.05) is 13.7 Å². The second-order valence-electron chi connectivity index (χ2n) is 7.08. The smallest absolute Gasteiger partial charge is 0.490 e. The second kappa shape index (κ2) is 10.7. The van der Waals surface area contributed by atoms with Crippen molar-refractivity contribution < 1.29 is 45.5 Å². The van der Waals surface area contributed by atoms with Gasteiger partial charge in [0.2, 0.25) is 10.0 Å². The first kappa shape index (κ1) is 26.0. The lowest BCUT2D eigenvalue weighted by atomic mass is 10.1. The van der Waals surface area contributed by atoms with Crippen LogP contribution < -0.4 is 9.47 Å². The molecule has 0 amide bonds. The number of carbonyl (C=O) groups is 1. The van der Waals surface area contributed by atoms with Crippen LogP contribution in [-0.2, 0) is 34.4 Å². The molecular weight excluding hydrogens is 495 g/mol. The van der Waals surface area contributed by atoms with Crippen LogP contribution in [0.2, 0.25) is 0 Å². The molecule has 1 aliphatic rings. The van der Waals surface area contributed by atoms with E-state index in [2.05, 4.69) is 10.1 Å². The van der Waals surface area contributed by atoms with Crippen molar-refractivity contribution >= 4 is 16.0 Å². The molecule has 3 heterocycles. The largest absolute Gasteiger partial charge is 0.497 e. The highest BCUT2D eigenvalue weighted by Gasteiger charge is 2.38. The molecular formula is C21H20F3N3O7S. The fourth-order valence-corrected chi connectivity index (χ4v) is 4.45. The zero-order valence-electron chi connectivity index (χ0n) is 18.2. The van der Waals surface area contributed by atoms with Gasteiger partial charge in [0.1, 0.15) is 29.6 Å². The summed E-state index contributed by atoms with van der Waals surface area (Å²) in [5.74, 6) is -0.843. The molecule has 0 saturated heterocycles. The van der Waals surface area contributed by atoms with Gasteiger partial charge in [0.15, 0.2) is 0 Å². The molecule has 0 bridgehead atoms. The monoisotopic (exact) mass is 515 g/mol. The Morgan fingerprint density at radius 3 is 2.46 bits per heavy atom. The van der Waals surface area contributed by atoms with E-state index in [0.29, 0.717) is 35.9 Å². The van der Waals surface area contributed by atoms with Crippen molar-refractivity contribution in [1.29, 1.82) is 0 Å². The molecule has 1 aliphatic heterocycles. The number of halogens is 3. The number of benzene rings is 1. The maximum absolute atomic E-state index is 13.0. The Balaban J connectivity index is 0.000000429. The van der Waals surface area contributed by atoms with E-state index in [1.807, 2.05) is 0 Å². The topological polar surface area (TPSA) is 132 Å². The van der Waals surface area contributed by atoms with Gasteiger partial charge in [-0.25, -0.2) is 13.2 Å². The van der Waals surface area contributed by atoms with Gasteiger partial charge in [-0.3, -0.25) is 4.98 Å². The number of aliphatic carboxylic acids is 1. The van der Waals surface area contributed by atoms with Crippen molar-refractivity contribution in [2.45, 2.75) is 30.6 Å². The van der Waals surface area contributed by atoms with Gasteiger partial charge in [0.25, 0.3) is 0 Å². The third-order valence-corrected chi connectivity index (χ3v) is 6.68. The zero-order valence-corrected chi connectivity index (χ0v) is 19.0. The molecule has 0 radical (unpaired) electrons. The first-order chi connectivity index (χ1) is 16.5. The number of sulfonamides is 1. The van der Waals surface area contributed by atoms with Crippen molar-refractivity contribution in [3.63, 3.8) is 0 Å². The molecule has 0 spiro atoms. The molecule has 3 aromatic rings. The number of carboxylic acids is 1. The molecule has 10 nitrogen and oxygen atoms in total. The van der Waals surface area contributed by atoms with E-state index in [1.54, 1.807) is 48.8 Å². The van der Waals surface area contributed by atoms with E-state index in [0.717, 1.165) is 5.56 Å². The van der Waals surface area contributed by atoms with Crippen LogP contribution in [0.5, 0.6) is 11.5 Å². The Bertz CT molecular complexity index is 1250. The number of pyridine rings is 1. The molecule has 0 atom stereocenters. The first-order valence-corrected chi connectivity index (χ1v) is 11.4. The van der Waals surface area contributed by atoms with E-state index in [4.69, 9.17) is 23.9 Å². The number of aromatic nitrogens is 2. The van der Waals surface area contributed by atoms with Crippen molar-refractivity contribution in [2.24, 2.45) is 0 Å². The van der Waals surface area contributed by atoms with Crippen LogP contribution in [0.25, 0.3) is 0 Å². The highest BCUT2D eigenvalue weighted by molar-refractivity contribution is 7.89. The van der Waals surface area contributed by atoms with Gasteiger partial charge in [-0.05, 0) is 36.4 Å². The second-order valence-corrected chi connectivity index (χ2v) is 9.01. The molecule has 0 fully saturated rings. The maximum atomic E-state index is 13.0. The summed E-state index contributed by atoms with van der Waals surface area (Å²) in [5.41, 5.74) is 1.35. The third-order valence-electron chi connectivity index (χ3n) is 4.82. The minimum atomic E-state index is -5.08. The first-order valence-electron chi connectivity index (χ1n) is 9.96. The summed E-state index contributed by atoms with van der Waals surface area (Å²) < 4.78 is 75.3. The maximum Gasteiger partial charge on any atom is 0.490 e. The van der Waals surface area contributed by atoms with Gasteiger partial charge in [-0.15, -0.1) is 0 Å². The number of methoxy groups -OCH3 is 1. The zero-order chi connectivity index (χ0) is 25.6. The molecule has 1 aromatic carbocycles. The van der Waals surface area contributed by atoms with E-state index in [1.165, 1.54) is 11.4 Å². The summed E-state index contributed by atoms with van der Waals surface area (Å²) in [6.07, 6.45) is -1.36. The highest BCUT2D eigenvalue weighted by atomic mass is 32.2. The van der Waals surface area contributed by atoms with Gasteiger partial charge in [-0.1, -0.05) is 5.16 Å². The predicted molar refractivity (Wildman–Crippen MR) is 113 cm³/mol. The van der Waals surface area contributed by atoms with Crippen molar-refractivity contribution in [3.05, 3.63) is 65.8 Å². The number of ether oxygens (including phenoxy) is 2. The third kappa shape index (κ3) is 6.48. The van der Waals surface area contributed by atoms with Crippen molar-refractivity contribution in [3.8, 4) is 11.5 Å². The number of hydrogen-bond donors (Lipinski definition) is 1. The molecule has 0 aliphatic carbocycles. The van der Waals surface area contributed by atoms with Gasteiger partial charge in [-0.2, -0.15) is 17.5 Å². The normalized spacial score (nSPS) is 13.8. The van der Waals surface area contributed by atoms with Crippen LogP contribution >= 0.6 is 0 Å².